The first-order chi connectivity index (χ1) is 17.5. The molecule has 0 bridgehead atoms. The fourth-order valence-corrected chi connectivity index (χ4v) is 3.75. The first kappa shape index (κ1) is 25.6. The van der Waals surface area contributed by atoms with Crippen LogP contribution < -0.4 is 10.3 Å². The van der Waals surface area contributed by atoms with Crippen LogP contribution in [0.2, 0.25) is 0 Å². The van der Waals surface area contributed by atoms with Crippen molar-refractivity contribution in [3.05, 3.63) is 118 Å². The highest BCUT2D eigenvalue weighted by Crippen LogP contribution is 2.45. The van der Waals surface area contributed by atoms with Gasteiger partial charge in [-0.15, -0.1) is 0 Å². The van der Waals surface area contributed by atoms with Crippen LogP contribution in [0.3, 0.4) is 0 Å². The van der Waals surface area contributed by atoms with Gasteiger partial charge in [0.1, 0.15) is 23.1 Å². The number of hydrogen-bond acceptors (Lipinski definition) is 3. The van der Waals surface area contributed by atoms with Gasteiger partial charge in [-0.1, -0.05) is 48.0 Å². The second kappa shape index (κ2) is 9.90. The van der Waals surface area contributed by atoms with Gasteiger partial charge in [-0.05, 0) is 60.5 Å². The normalized spacial score (nSPS) is 11.7. The van der Waals surface area contributed by atoms with Crippen LogP contribution in [-0.2, 0) is 12.5 Å². The van der Waals surface area contributed by atoms with Crippen molar-refractivity contribution in [1.82, 2.24) is 4.57 Å². The molecule has 1 heterocycles. The number of nitrogens with zero attached hydrogens (tertiary/aromatic N) is 2. The average molecular weight is 510 g/mol. The van der Waals surface area contributed by atoms with Crippen molar-refractivity contribution in [2.75, 3.05) is 0 Å². The first-order valence-corrected chi connectivity index (χ1v) is 11.0. The van der Waals surface area contributed by atoms with E-state index in [4.69, 9.17) is 4.74 Å². The second-order valence-electron chi connectivity index (χ2n) is 8.32. The summed E-state index contributed by atoms with van der Waals surface area (Å²) in [4.78, 5) is 13.2. The second-order valence-corrected chi connectivity index (χ2v) is 8.32. The van der Waals surface area contributed by atoms with Crippen LogP contribution in [0.25, 0.3) is 11.3 Å². The minimum absolute atomic E-state index is 0.150. The zero-order valence-electron chi connectivity index (χ0n) is 19.4. The van der Waals surface area contributed by atoms with E-state index in [0.29, 0.717) is 23.1 Å². The number of hydrogen-bond donors (Lipinski definition) is 0. The molecule has 0 unspecified atom stereocenters. The van der Waals surface area contributed by atoms with Crippen molar-refractivity contribution < 1.29 is 26.7 Å². The highest BCUT2D eigenvalue weighted by atomic mass is 19.4. The number of benzene rings is 3. The lowest BCUT2D eigenvalue weighted by atomic mass is 9.99. The van der Waals surface area contributed by atoms with E-state index >= 15 is 0 Å². The average Bonchev–Trinajstić information content (AvgIpc) is 2.86. The molecular formula is C28H19F5N2O2. The molecule has 0 saturated heterocycles. The molecule has 3 aromatic carbocycles. The van der Waals surface area contributed by atoms with E-state index in [0.717, 1.165) is 10.1 Å². The summed E-state index contributed by atoms with van der Waals surface area (Å²) in [5.74, 6) is -4.49. The van der Waals surface area contributed by atoms with E-state index in [1.165, 1.54) is 30.3 Å². The monoisotopic (exact) mass is 510 g/mol. The van der Waals surface area contributed by atoms with Gasteiger partial charge in [0.2, 0.25) is 0 Å². The third-order valence-corrected chi connectivity index (χ3v) is 5.70. The van der Waals surface area contributed by atoms with Crippen LogP contribution in [0.15, 0.2) is 89.7 Å². The largest absolute Gasteiger partial charge is 0.458 e. The van der Waals surface area contributed by atoms with Gasteiger partial charge in [0.25, 0.3) is 5.56 Å². The fourth-order valence-electron chi connectivity index (χ4n) is 3.75. The van der Waals surface area contributed by atoms with Crippen LogP contribution in [0.4, 0.5) is 22.0 Å². The smallest absolute Gasteiger partial charge is 0.457 e. The number of aromatic nitrogens is 1. The van der Waals surface area contributed by atoms with Gasteiger partial charge >= 0.3 is 12.1 Å². The highest BCUT2D eigenvalue weighted by molar-refractivity contribution is 5.64. The zero-order valence-corrected chi connectivity index (χ0v) is 19.4. The molecule has 188 valence electrons. The summed E-state index contributed by atoms with van der Waals surface area (Å²) in [6.45, 7) is 1.70. The summed E-state index contributed by atoms with van der Waals surface area (Å²) >= 11 is 0. The molecule has 4 nitrogen and oxygen atoms in total. The van der Waals surface area contributed by atoms with Crippen LogP contribution >= 0.6 is 0 Å². The van der Waals surface area contributed by atoms with E-state index in [1.807, 2.05) is 13.0 Å². The van der Waals surface area contributed by atoms with E-state index in [1.54, 1.807) is 48.5 Å². The summed E-state index contributed by atoms with van der Waals surface area (Å²) in [5, 5.41) is 9.41. The lowest BCUT2D eigenvalue weighted by Crippen LogP contribution is -2.38. The molecule has 0 aliphatic carbocycles. The van der Waals surface area contributed by atoms with Gasteiger partial charge in [0.05, 0.1) is 17.8 Å². The summed E-state index contributed by atoms with van der Waals surface area (Å²) in [6.07, 6.45) is -6.00. The van der Waals surface area contributed by atoms with Crippen LogP contribution in [0.1, 0.15) is 22.3 Å². The molecule has 0 spiro atoms. The number of nitriles is 1. The molecule has 0 aliphatic heterocycles. The molecule has 0 saturated carbocycles. The van der Waals surface area contributed by atoms with E-state index in [-0.39, 0.29) is 17.8 Å². The lowest BCUT2D eigenvalue weighted by Gasteiger charge is -2.23. The minimum Gasteiger partial charge on any atom is -0.457 e. The van der Waals surface area contributed by atoms with E-state index in [2.05, 4.69) is 0 Å². The lowest BCUT2D eigenvalue weighted by molar-refractivity contribution is -0.289. The molecule has 0 radical (unpaired) electrons. The number of rotatable bonds is 6. The maximum atomic E-state index is 14.5. The maximum Gasteiger partial charge on any atom is 0.458 e. The Labute approximate surface area is 208 Å². The Hall–Kier alpha value is -4.45. The third-order valence-electron chi connectivity index (χ3n) is 5.70. The van der Waals surface area contributed by atoms with Crippen LogP contribution in [0.5, 0.6) is 11.5 Å². The molecular weight excluding hydrogens is 491 g/mol. The molecule has 37 heavy (non-hydrogen) atoms. The number of para-hydroxylation sites is 1. The summed E-state index contributed by atoms with van der Waals surface area (Å²) in [6, 6.07) is 23.5. The molecule has 4 rings (SSSR count). The van der Waals surface area contributed by atoms with Gasteiger partial charge in [-0.25, -0.2) is 0 Å². The Morgan fingerprint density at radius 1 is 0.865 bits per heavy atom. The third kappa shape index (κ3) is 5.23. The van der Waals surface area contributed by atoms with Gasteiger partial charge in [-0.2, -0.15) is 27.2 Å². The van der Waals surface area contributed by atoms with Crippen molar-refractivity contribution in [2.45, 2.75) is 25.6 Å². The number of pyridine rings is 1. The molecule has 4 aromatic rings. The van der Waals surface area contributed by atoms with Crippen LogP contribution in [0, 0.1) is 18.3 Å². The van der Waals surface area contributed by atoms with Crippen molar-refractivity contribution in [3.63, 3.8) is 0 Å². The number of halogens is 5. The molecule has 0 N–H and O–H groups in total. The molecule has 0 fully saturated rings. The van der Waals surface area contributed by atoms with Crippen molar-refractivity contribution >= 4 is 0 Å². The molecule has 0 aliphatic rings. The SMILES string of the molecule is Cc1ccc(Cn2c(-c3ccc(Oc4ccccc4)cc3)cc(C(F)(F)C(F)(F)F)c(C#N)c2=O)cc1. The zero-order chi connectivity index (χ0) is 26.8. The number of aryl methyl sites for hydroxylation is 1. The fraction of sp³-hybridized carbons (Fsp3) is 0.143. The quantitative estimate of drug-likeness (QED) is 0.258. The Kier molecular flexibility index (Phi) is 6.86. The van der Waals surface area contributed by atoms with E-state index < -0.39 is 28.8 Å². The highest BCUT2D eigenvalue weighted by Gasteiger charge is 2.60. The van der Waals surface area contributed by atoms with Crippen LogP contribution in [-0.4, -0.2) is 10.7 Å². The Morgan fingerprint density at radius 2 is 1.46 bits per heavy atom. The summed E-state index contributed by atoms with van der Waals surface area (Å²) in [7, 11) is 0. The van der Waals surface area contributed by atoms with E-state index in [9.17, 15) is 32.0 Å². The Bertz CT molecular complexity index is 1500. The van der Waals surface area contributed by atoms with Gasteiger partial charge < -0.3 is 9.30 Å². The summed E-state index contributed by atoms with van der Waals surface area (Å²) < 4.78 is 75.4. The van der Waals surface area contributed by atoms with Crippen molar-refractivity contribution in [3.8, 4) is 28.8 Å². The first-order valence-electron chi connectivity index (χ1n) is 11.0. The Balaban J connectivity index is 1.88. The van der Waals surface area contributed by atoms with Crippen molar-refractivity contribution in [2.24, 2.45) is 0 Å². The summed E-state index contributed by atoms with van der Waals surface area (Å²) in [5.41, 5.74) is -2.68. The van der Waals surface area contributed by atoms with Gasteiger partial charge in [-0.3, -0.25) is 4.79 Å². The maximum absolute atomic E-state index is 14.5. The standard InChI is InChI=1S/C28H19F5N2O2/c1-18-7-9-19(10-8-18)17-35-25(15-24(23(16-34)26(35)36)27(29,30)28(31,32)33)20-11-13-22(14-12-20)37-21-5-3-2-4-6-21/h2-15H,17H2,1H3. The van der Waals surface area contributed by atoms with Crippen molar-refractivity contribution in [1.29, 1.82) is 5.26 Å². The minimum atomic E-state index is -6.00. The topological polar surface area (TPSA) is 55.0 Å². The van der Waals surface area contributed by atoms with Gasteiger partial charge in [0.15, 0.2) is 0 Å². The Morgan fingerprint density at radius 3 is 2.03 bits per heavy atom. The molecule has 9 heteroatoms. The predicted octanol–water partition coefficient (Wildman–Crippen LogP) is 7.19. The molecule has 1 aromatic heterocycles. The molecule has 0 atom stereocenters. The molecule has 0 amide bonds. The number of alkyl halides is 5. The predicted molar refractivity (Wildman–Crippen MR) is 128 cm³/mol. The number of ether oxygens (including phenoxy) is 1. The van der Waals surface area contributed by atoms with Gasteiger partial charge in [0, 0.05) is 0 Å².